The molecule has 0 heterocycles. The van der Waals surface area contributed by atoms with Gasteiger partial charge < -0.3 is 23.0 Å². The topological polar surface area (TPSA) is 9.23 Å². The van der Waals surface area contributed by atoms with E-state index >= 15 is 0 Å². The van der Waals surface area contributed by atoms with E-state index in [0.717, 1.165) is 11.3 Å². The van der Waals surface area contributed by atoms with E-state index in [0.29, 0.717) is 0 Å². The molecular formula is C11H14OY-2. The van der Waals surface area contributed by atoms with Gasteiger partial charge in [0.2, 0.25) is 0 Å². The number of rotatable bonds is 2. The van der Waals surface area contributed by atoms with Crippen molar-refractivity contribution in [3.63, 3.8) is 0 Å². The van der Waals surface area contributed by atoms with Gasteiger partial charge in [0.15, 0.2) is 0 Å². The smallest absolute Gasteiger partial charge is 0.0647 e. The van der Waals surface area contributed by atoms with Crippen LogP contribution in [-0.2, 0) is 32.7 Å². The predicted octanol–water partition coefficient (Wildman–Crippen LogP) is 2.97. The van der Waals surface area contributed by atoms with Crippen molar-refractivity contribution in [3.05, 3.63) is 36.4 Å². The average molecular weight is 251 g/mol. The Morgan fingerprint density at radius 3 is 2.31 bits per heavy atom. The van der Waals surface area contributed by atoms with Crippen LogP contribution in [0.15, 0.2) is 18.2 Å². The van der Waals surface area contributed by atoms with E-state index in [1.807, 2.05) is 26.0 Å². The second kappa shape index (κ2) is 9.95. The van der Waals surface area contributed by atoms with Crippen LogP contribution in [-0.4, -0.2) is 7.11 Å². The second-order valence-corrected chi connectivity index (χ2v) is 1.85. The Hall–Kier alpha value is -0.136. The molecule has 0 aromatic heterocycles. The maximum absolute atomic E-state index is 5.24. The first kappa shape index (κ1) is 15.3. The van der Waals surface area contributed by atoms with Gasteiger partial charge in [-0.25, -0.2) is 12.1 Å². The molecule has 69 valence electrons. The maximum Gasteiger partial charge on any atom is 0.0647 e. The summed E-state index contributed by atoms with van der Waals surface area (Å²) in [6.45, 7) is 9.24. The summed E-state index contributed by atoms with van der Waals surface area (Å²) >= 11 is 0. The summed E-state index contributed by atoms with van der Waals surface area (Å²) < 4.78 is 4.93. The summed E-state index contributed by atoms with van der Waals surface area (Å²) in [5.74, 6) is 0.797. The Morgan fingerprint density at radius 1 is 1.38 bits per heavy atom. The van der Waals surface area contributed by atoms with Crippen molar-refractivity contribution in [2.45, 2.75) is 13.8 Å². The number of methoxy groups -OCH3 is 1. The van der Waals surface area contributed by atoms with Crippen LogP contribution >= 0.6 is 0 Å². The Bertz CT molecular complexity index is 216. The molecule has 0 fully saturated rings. The van der Waals surface area contributed by atoms with Crippen LogP contribution in [0.2, 0.25) is 0 Å². The fraction of sp³-hybridized carbons (Fsp3) is 0.273. The third-order valence-electron chi connectivity index (χ3n) is 1.22. The van der Waals surface area contributed by atoms with Gasteiger partial charge >= 0.3 is 0 Å². The van der Waals surface area contributed by atoms with Gasteiger partial charge in [-0.15, -0.1) is 12.1 Å². The predicted molar refractivity (Wildman–Crippen MR) is 51.9 cm³/mol. The molecule has 0 amide bonds. The third kappa shape index (κ3) is 6.01. The van der Waals surface area contributed by atoms with Crippen LogP contribution in [0.3, 0.4) is 0 Å². The van der Waals surface area contributed by atoms with Gasteiger partial charge in [-0.05, 0) is 0 Å². The van der Waals surface area contributed by atoms with E-state index in [-0.39, 0.29) is 32.7 Å². The van der Waals surface area contributed by atoms with E-state index < -0.39 is 0 Å². The molecule has 1 rings (SSSR count). The van der Waals surface area contributed by atoms with Crippen molar-refractivity contribution in [3.8, 4) is 5.75 Å². The molecule has 1 nitrogen and oxygen atoms in total. The standard InChI is InChI=1S/C9H8O.C2H6.Y/c1-3-8-4-6-9(10-2)7-5-8;1-2;/h1,3-4,6-7H,2H3;1-2H3;/q-2;;. The molecule has 1 aromatic carbocycles. The van der Waals surface area contributed by atoms with E-state index in [9.17, 15) is 0 Å². The molecule has 0 aliphatic carbocycles. The molecule has 1 radical (unpaired) electrons. The zero-order valence-electron chi connectivity index (χ0n) is 8.37. The summed E-state index contributed by atoms with van der Waals surface area (Å²) in [7, 11) is 1.62. The summed E-state index contributed by atoms with van der Waals surface area (Å²) in [6.07, 6.45) is 1.50. The van der Waals surface area contributed by atoms with Crippen molar-refractivity contribution in [2.24, 2.45) is 0 Å². The molecule has 0 spiro atoms. The molecule has 0 saturated carbocycles. The normalized spacial score (nSPS) is 7.31. The van der Waals surface area contributed by atoms with Gasteiger partial charge in [0, 0.05) is 38.5 Å². The van der Waals surface area contributed by atoms with Gasteiger partial charge in [-0.2, -0.15) is 0 Å². The zero-order chi connectivity index (χ0) is 9.40. The zero-order valence-corrected chi connectivity index (χ0v) is 11.2. The van der Waals surface area contributed by atoms with Crippen LogP contribution in [0, 0.1) is 12.6 Å². The molecule has 0 saturated heterocycles. The summed E-state index contributed by atoms with van der Waals surface area (Å²) in [6, 6.07) is 8.37. The van der Waals surface area contributed by atoms with E-state index in [2.05, 4.69) is 6.07 Å². The van der Waals surface area contributed by atoms with Crippen LogP contribution in [0.5, 0.6) is 5.75 Å². The van der Waals surface area contributed by atoms with E-state index in [4.69, 9.17) is 11.3 Å². The van der Waals surface area contributed by atoms with Crippen molar-refractivity contribution >= 4 is 6.08 Å². The molecular weight excluding hydrogens is 237 g/mol. The van der Waals surface area contributed by atoms with Gasteiger partial charge in [0.1, 0.15) is 0 Å². The van der Waals surface area contributed by atoms with Gasteiger partial charge in [0.25, 0.3) is 0 Å². The fourth-order valence-electron chi connectivity index (χ4n) is 0.653. The maximum atomic E-state index is 5.24. The summed E-state index contributed by atoms with van der Waals surface area (Å²) in [5, 5.41) is 0. The van der Waals surface area contributed by atoms with Gasteiger partial charge in [-0.3, -0.25) is 0 Å². The second-order valence-electron chi connectivity index (χ2n) is 1.85. The van der Waals surface area contributed by atoms with Crippen molar-refractivity contribution in [1.29, 1.82) is 0 Å². The number of benzene rings is 1. The van der Waals surface area contributed by atoms with Crippen molar-refractivity contribution < 1.29 is 37.4 Å². The van der Waals surface area contributed by atoms with Gasteiger partial charge in [-0.1, -0.05) is 13.8 Å². The van der Waals surface area contributed by atoms with Crippen molar-refractivity contribution in [2.75, 3.05) is 7.11 Å². The van der Waals surface area contributed by atoms with E-state index in [1.54, 1.807) is 13.2 Å². The Morgan fingerprint density at radius 2 is 2.00 bits per heavy atom. The quantitative estimate of drug-likeness (QED) is 0.734. The molecule has 0 bridgehead atoms. The van der Waals surface area contributed by atoms with E-state index in [1.165, 1.54) is 6.08 Å². The molecule has 0 aliphatic heterocycles. The molecule has 0 aliphatic rings. The monoisotopic (exact) mass is 251 g/mol. The molecule has 2 heteroatoms. The minimum Gasteiger partial charge on any atom is -0.540 e. The largest absolute Gasteiger partial charge is 0.540 e. The minimum atomic E-state index is 0. The first-order chi connectivity index (χ1) is 5.86. The molecule has 0 N–H and O–H groups in total. The number of hydrogen-bond acceptors (Lipinski definition) is 1. The summed E-state index contributed by atoms with van der Waals surface area (Å²) in [5.41, 5.74) is 0.876. The fourth-order valence-corrected chi connectivity index (χ4v) is 0.653. The molecule has 13 heavy (non-hydrogen) atoms. The van der Waals surface area contributed by atoms with Crippen LogP contribution in [0.1, 0.15) is 19.4 Å². The molecule has 0 atom stereocenters. The Kier molecular flexibility index (Phi) is 11.7. The molecule has 1 aromatic rings. The number of ether oxygens (including phenoxy) is 1. The number of hydrogen-bond donors (Lipinski definition) is 0. The van der Waals surface area contributed by atoms with Crippen LogP contribution < -0.4 is 4.74 Å². The first-order valence-corrected chi connectivity index (χ1v) is 3.97. The van der Waals surface area contributed by atoms with Gasteiger partial charge in [0.05, 0.1) is 7.11 Å². The minimum absolute atomic E-state index is 0. The summed E-state index contributed by atoms with van der Waals surface area (Å²) in [4.78, 5) is 0. The van der Waals surface area contributed by atoms with Crippen LogP contribution in [0.4, 0.5) is 0 Å². The Balaban J connectivity index is 0. The third-order valence-corrected chi connectivity index (χ3v) is 1.22. The average Bonchev–Trinajstić information content (AvgIpc) is 2.21. The first-order valence-electron chi connectivity index (χ1n) is 3.97. The Labute approximate surface area is 106 Å². The molecule has 0 unspecified atom stereocenters. The SMILES string of the molecule is CC.[CH-]=Cc1[c-]cc(OC)cc1.[Y]. The van der Waals surface area contributed by atoms with Crippen molar-refractivity contribution in [1.82, 2.24) is 0 Å². The van der Waals surface area contributed by atoms with Crippen LogP contribution in [0.25, 0.3) is 6.08 Å².